The van der Waals surface area contributed by atoms with E-state index in [0.717, 1.165) is 0 Å². The van der Waals surface area contributed by atoms with Crippen molar-refractivity contribution in [2.75, 3.05) is 7.11 Å². The van der Waals surface area contributed by atoms with Crippen LogP contribution in [-0.4, -0.2) is 28.2 Å². The molecule has 1 N–H and O–H groups in total. The Bertz CT molecular complexity index is 617. The SMILES string of the molecule is COC(=O)c1nc(C)cc(Sc2ccccc2O)n1. The lowest BCUT2D eigenvalue weighted by Crippen LogP contribution is -2.08. The monoisotopic (exact) mass is 276 g/mol. The number of ether oxygens (including phenoxy) is 1. The number of para-hydroxylation sites is 1. The Balaban J connectivity index is 2.33. The molecule has 0 saturated carbocycles. The average molecular weight is 276 g/mol. The quantitative estimate of drug-likeness (QED) is 0.685. The van der Waals surface area contributed by atoms with Crippen molar-refractivity contribution in [1.82, 2.24) is 9.97 Å². The average Bonchev–Trinajstić information content (AvgIpc) is 2.40. The predicted octanol–water partition coefficient (Wildman–Crippen LogP) is 2.43. The van der Waals surface area contributed by atoms with Crippen molar-refractivity contribution in [3.63, 3.8) is 0 Å². The van der Waals surface area contributed by atoms with Crippen molar-refractivity contribution in [2.45, 2.75) is 16.8 Å². The van der Waals surface area contributed by atoms with Gasteiger partial charge in [-0.15, -0.1) is 0 Å². The minimum Gasteiger partial charge on any atom is -0.507 e. The number of phenols is 1. The molecule has 0 aliphatic carbocycles. The van der Waals surface area contributed by atoms with Crippen LogP contribution >= 0.6 is 11.8 Å². The number of aromatic hydroxyl groups is 1. The van der Waals surface area contributed by atoms with E-state index in [2.05, 4.69) is 14.7 Å². The van der Waals surface area contributed by atoms with Gasteiger partial charge in [0.2, 0.25) is 5.82 Å². The zero-order valence-electron chi connectivity index (χ0n) is 10.5. The molecule has 2 aromatic rings. The second kappa shape index (κ2) is 5.71. The standard InChI is InChI=1S/C13H12N2O3S/c1-8-7-11(15-12(14-8)13(17)18-2)19-10-6-4-3-5-9(10)16/h3-7,16H,1-2H3. The lowest BCUT2D eigenvalue weighted by Gasteiger charge is -2.05. The van der Waals surface area contributed by atoms with Crippen LogP contribution in [0.5, 0.6) is 5.75 Å². The molecule has 0 bridgehead atoms. The van der Waals surface area contributed by atoms with E-state index in [1.165, 1.54) is 18.9 Å². The molecule has 0 fully saturated rings. The molecule has 0 aliphatic rings. The van der Waals surface area contributed by atoms with Gasteiger partial charge in [-0.3, -0.25) is 0 Å². The van der Waals surface area contributed by atoms with E-state index >= 15 is 0 Å². The first kappa shape index (κ1) is 13.4. The van der Waals surface area contributed by atoms with Gasteiger partial charge in [-0.1, -0.05) is 23.9 Å². The molecule has 1 aromatic heterocycles. The van der Waals surface area contributed by atoms with Crippen LogP contribution < -0.4 is 0 Å². The lowest BCUT2D eigenvalue weighted by atomic mass is 10.3. The number of phenolic OH excluding ortho intramolecular Hbond substituents is 1. The number of methoxy groups -OCH3 is 1. The first-order valence-electron chi connectivity index (χ1n) is 5.50. The van der Waals surface area contributed by atoms with Crippen LogP contribution in [0.4, 0.5) is 0 Å². The fourth-order valence-electron chi connectivity index (χ4n) is 1.43. The van der Waals surface area contributed by atoms with E-state index in [4.69, 9.17) is 0 Å². The summed E-state index contributed by atoms with van der Waals surface area (Å²) in [6, 6.07) is 8.66. The molecule has 1 heterocycles. The number of aromatic nitrogens is 2. The van der Waals surface area contributed by atoms with Crippen LogP contribution in [0, 0.1) is 6.92 Å². The molecule has 0 saturated heterocycles. The molecule has 0 spiro atoms. The van der Waals surface area contributed by atoms with E-state index < -0.39 is 5.97 Å². The summed E-state index contributed by atoms with van der Waals surface area (Å²) in [6.07, 6.45) is 0. The van der Waals surface area contributed by atoms with Gasteiger partial charge in [0.25, 0.3) is 0 Å². The number of rotatable bonds is 3. The van der Waals surface area contributed by atoms with E-state index in [1.807, 2.05) is 6.07 Å². The van der Waals surface area contributed by atoms with Crippen LogP contribution in [0.3, 0.4) is 0 Å². The predicted molar refractivity (Wildman–Crippen MR) is 70.3 cm³/mol. The molecule has 0 amide bonds. The van der Waals surface area contributed by atoms with Crippen LogP contribution in [-0.2, 0) is 4.74 Å². The maximum atomic E-state index is 11.4. The second-order valence-electron chi connectivity index (χ2n) is 3.73. The first-order valence-corrected chi connectivity index (χ1v) is 6.31. The topological polar surface area (TPSA) is 72.3 Å². The third kappa shape index (κ3) is 3.23. The minimum atomic E-state index is -0.581. The highest BCUT2D eigenvalue weighted by Gasteiger charge is 2.13. The Morgan fingerprint density at radius 3 is 2.74 bits per heavy atom. The fourth-order valence-corrected chi connectivity index (χ4v) is 2.34. The molecule has 6 heteroatoms. The van der Waals surface area contributed by atoms with Crippen molar-refractivity contribution < 1.29 is 14.6 Å². The number of aryl methyl sites for hydroxylation is 1. The normalized spacial score (nSPS) is 10.2. The van der Waals surface area contributed by atoms with Gasteiger partial charge in [0.1, 0.15) is 10.8 Å². The van der Waals surface area contributed by atoms with Gasteiger partial charge in [0.15, 0.2) is 0 Å². The summed E-state index contributed by atoms with van der Waals surface area (Å²) in [7, 11) is 1.28. The third-order valence-corrected chi connectivity index (χ3v) is 3.26. The number of nitrogens with zero attached hydrogens (tertiary/aromatic N) is 2. The molecule has 5 nitrogen and oxygen atoms in total. The van der Waals surface area contributed by atoms with Gasteiger partial charge in [-0.25, -0.2) is 14.8 Å². The maximum Gasteiger partial charge on any atom is 0.376 e. The van der Waals surface area contributed by atoms with Gasteiger partial charge in [0.05, 0.1) is 12.0 Å². The van der Waals surface area contributed by atoms with Crippen molar-refractivity contribution in [1.29, 1.82) is 0 Å². The Hall–Kier alpha value is -2.08. The number of hydrogen-bond donors (Lipinski definition) is 1. The summed E-state index contributed by atoms with van der Waals surface area (Å²) in [6.45, 7) is 1.77. The van der Waals surface area contributed by atoms with Crippen molar-refractivity contribution >= 4 is 17.7 Å². The summed E-state index contributed by atoms with van der Waals surface area (Å²) in [5.74, 6) is -0.397. The Morgan fingerprint density at radius 1 is 1.32 bits per heavy atom. The van der Waals surface area contributed by atoms with Gasteiger partial charge < -0.3 is 9.84 Å². The Kier molecular flexibility index (Phi) is 4.01. The number of esters is 1. The lowest BCUT2D eigenvalue weighted by molar-refractivity contribution is 0.0585. The summed E-state index contributed by atoms with van der Waals surface area (Å²) in [4.78, 5) is 20.2. The van der Waals surface area contributed by atoms with E-state index in [1.54, 1.807) is 31.2 Å². The molecule has 1 aromatic carbocycles. The van der Waals surface area contributed by atoms with E-state index in [9.17, 15) is 9.90 Å². The van der Waals surface area contributed by atoms with Crippen LogP contribution in [0.15, 0.2) is 40.3 Å². The molecule has 0 atom stereocenters. The highest BCUT2D eigenvalue weighted by molar-refractivity contribution is 7.99. The largest absolute Gasteiger partial charge is 0.507 e. The molecule has 0 aliphatic heterocycles. The summed E-state index contributed by atoms with van der Waals surface area (Å²) < 4.78 is 4.60. The summed E-state index contributed by atoms with van der Waals surface area (Å²) >= 11 is 1.26. The van der Waals surface area contributed by atoms with E-state index in [-0.39, 0.29) is 11.6 Å². The highest BCUT2D eigenvalue weighted by Crippen LogP contribution is 2.33. The van der Waals surface area contributed by atoms with Crippen molar-refractivity contribution in [3.8, 4) is 5.75 Å². The molecular formula is C13H12N2O3S. The van der Waals surface area contributed by atoms with Crippen molar-refractivity contribution in [3.05, 3.63) is 41.9 Å². The smallest absolute Gasteiger partial charge is 0.376 e. The molecular weight excluding hydrogens is 264 g/mol. The summed E-state index contributed by atoms with van der Waals surface area (Å²) in [5.41, 5.74) is 0.660. The van der Waals surface area contributed by atoms with Gasteiger partial charge in [0, 0.05) is 5.69 Å². The third-order valence-electron chi connectivity index (χ3n) is 2.28. The van der Waals surface area contributed by atoms with Gasteiger partial charge in [-0.2, -0.15) is 0 Å². The molecule has 19 heavy (non-hydrogen) atoms. The Labute approximate surface area is 114 Å². The summed E-state index contributed by atoms with van der Waals surface area (Å²) in [5, 5.41) is 10.3. The first-order chi connectivity index (χ1) is 9.10. The Morgan fingerprint density at radius 2 is 2.05 bits per heavy atom. The second-order valence-corrected chi connectivity index (χ2v) is 4.79. The van der Waals surface area contributed by atoms with Gasteiger partial charge in [-0.05, 0) is 25.1 Å². The molecule has 0 radical (unpaired) electrons. The maximum absolute atomic E-state index is 11.4. The zero-order chi connectivity index (χ0) is 13.8. The molecule has 0 unspecified atom stereocenters. The molecule has 98 valence electrons. The fraction of sp³-hybridized carbons (Fsp3) is 0.154. The van der Waals surface area contributed by atoms with Crippen LogP contribution in [0.25, 0.3) is 0 Å². The minimum absolute atomic E-state index is 0.0143. The van der Waals surface area contributed by atoms with Gasteiger partial charge >= 0.3 is 5.97 Å². The van der Waals surface area contributed by atoms with Crippen LogP contribution in [0.1, 0.15) is 16.3 Å². The number of carbonyl (C=O) groups is 1. The van der Waals surface area contributed by atoms with Crippen molar-refractivity contribution in [2.24, 2.45) is 0 Å². The number of carbonyl (C=O) groups excluding carboxylic acids is 1. The number of benzene rings is 1. The van der Waals surface area contributed by atoms with E-state index in [0.29, 0.717) is 15.6 Å². The molecule has 2 rings (SSSR count). The number of hydrogen-bond acceptors (Lipinski definition) is 6. The zero-order valence-corrected chi connectivity index (χ0v) is 11.3. The highest BCUT2D eigenvalue weighted by atomic mass is 32.2. The van der Waals surface area contributed by atoms with Crippen LogP contribution in [0.2, 0.25) is 0 Å².